The van der Waals surface area contributed by atoms with E-state index in [4.69, 9.17) is 0 Å². The van der Waals surface area contributed by atoms with E-state index in [1.807, 2.05) is 0 Å². The van der Waals surface area contributed by atoms with E-state index in [0.29, 0.717) is 0 Å². The Labute approximate surface area is 204 Å². The van der Waals surface area contributed by atoms with E-state index in [1.54, 1.807) is 0 Å². The zero-order valence-electron chi connectivity index (χ0n) is 17.5. The van der Waals surface area contributed by atoms with Crippen molar-refractivity contribution >= 4 is 43.7 Å². The molecule has 0 saturated heterocycles. The van der Waals surface area contributed by atoms with Crippen molar-refractivity contribution in [3.8, 4) is 0 Å². The molecule has 2 nitrogen and oxygen atoms in total. The first-order valence-electron chi connectivity index (χ1n) is 11.0. The van der Waals surface area contributed by atoms with Crippen LogP contribution in [0.4, 0.5) is 0 Å². The van der Waals surface area contributed by atoms with Crippen molar-refractivity contribution in [2.45, 2.75) is 135 Å². The summed E-state index contributed by atoms with van der Waals surface area (Å²) in [6.07, 6.45) is 25.7. The summed E-state index contributed by atoms with van der Waals surface area (Å²) in [7, 11) is 0. The normalized spacial score (nSPS) is 10.2. The molecule has 0 N–H and O–H groups in total. The molecule has 0 fully saturated rings. The Morgan fingerprint density at radius 1 is 0.538 bits per heavy atom. The standard InChI is InChI=1S/C22H44O2.Ca.Fe/c1-2-3-4-5-6-7-8-9-10-11-12-13-14-15-16-17-18-19-20-21-22(23)24;;/h2-21H2,1H3,(H,23,24);;/q;2*+2/p-1. The fourth-order valence-corrected chi connectivity index (χ4v) is 3.35. The minimum Gasteiger partial charge on any atom is -0.550 e. The molecule has 0 aliphatic carbocycles. The van der Waals surface area contributed by atoms with Gasteiger partial charge in [0.2, 0.25) is 0 Å². The maximum Gasteiger partial charge on any atom is 2.00 e. The zero-order valence-corrected chi connectivity index (χ0v) is 20.8. The van der Waals surface area contributed by atoms with Gasteiger partial charge in [-0.25, -0.2) is 0 Å². The van der Waals surface area contributed by atoms with E-state index >= 15 is 0 Å². The van der Waals surface area contributed by atoms with Gasteiger partial charge in [0.05, 0.1) is 0 Å². The summed E-state index contributed by atoms with van der Waals surface area (Å²) in [4.78, 5) is 10.3. The Kier molecular flexibility index (Phi) is 34.9. The molecule has 0 aliphatic heterocycles. The van der Waals surface area contributed by atoms with Crippen LogP contribution in [0, 0.1) is 0 Å². The summed E-state index contributed by atoms with van der Waals surface area (Å²) < 4.78 is 0. The number of carbonyl (C=O) groups excluding carboxylic acids is 1. The van der Waals surface area contributed by atoms with Gasteiger partial charge in [-0.3, -0.25) is 0 Å². The summed E-state index contributed by atoms with van der Waals surface area (Å²) in [5, 5.41) is 10.3. The number of carboxylic acid groups (broad SMARTS) is 1. The second-order valence-electron chi connectivity index (χ2n) is 7.49. The molecule has 0 rings (SSSR count). The van der Waals surface area contributed by atoms with Gasteiger partial charge in [0.25, 0.3) is 0 Å². The second kappa shape index (κ2) is 28.5. The van der Waals surface area contributed by atoms with Crippen LogP contribution in [0.3, 0.4) is 0 Å². The molecule has 26 heavy (non-hydrogen) atoms. The number of hydrogen-bond acceptors (Lipinski definition) is 2. The molecule has 0 aliphatic rings. The van der Waals surface area contributed by atoms with Gasteiger partial charge in [0.15, 0.2) is 0 Å². The average Bonchev–Trinajstić information content (AvgIpc) is 2.56. The molecule has 0 saturated carbocycles. The number of rotatable bonds is 20. The average molecular weight is 436 g/mol. The number of unbranched alkanes of at least 4 members (excludes halogenated alkanes) is 18. The molecule has 0 aromatic heterocycles. The topological polar surface area (TPSA) is 40.1 Å². The van der Waals surface area contributed by atoms with Gasteiger partial charge in [-0.1, -0.05) is 122 Å². The van der Waals surface area contributed by atoms with Crippen molar-refractivity contribution in [2.24, 2.45) is 0 Å². The van der Waals surface area contributed by atoms with Gasteiger partial charge in [0, 0.05) is 5.97 Å². The van der Waals surface area contributed by atoms with Crippen LogP contribution in [0.25, 0.3) is 0 Å². The number of aliphatic carboxylic acids is 1. The number of carbonyl (C=O) groups is 1. The quantitative estimate of drug-likeness (QED) is 0.169. The van der Waals surface area contributed by atoms with Crippen LogP contribution in [0.5, 0.6) is 0 Å². The van der Waals surface area contributed by atoms with Crippen molar-refractivity contribution in [3.05, 3.63) is 0 Å². The molecule has 0 bridgehead atoms. The fourth-order valence-electron chi connectivity index (χ4n) is 3.35. The van der Waals surface area contributed by atoms with E-state index in [9.17, 15) is 9.90 Å². The Bertz CT molecular complexity index is 263. The number of carboxylic acids is 1. The van der Waals surface area contributed by atoms with Crippen LogP contribution in [0.2, 0.25) is 0 Å². The molecule has 0 aromatic rings. The summed E-state index contributed by atoms with van der Waals surface area (Å²) in [6, 6.07) is 0. The molecule has 4 heteroatoms. The fraction of sp³-hybridized carbons (Fsp3) is 0.955. The van der Waals surface area contributed by atoms with Crippen LogP contribution in [0.15, 0.2) is 0 Å². The molecule has 0 unspecified atom stereocenters. The van der Waals surface area contributed by atoms with Crippen LogP contribution < -0.4 is 5.11 Å². The predicted molar refractivity (Wildman–Crippen MR) is 109 cm³/mol. The van der Waals surface area contributed by atoms with Gasteiger partial charge in [-0.2, -0.15) is 0 Å². The van der Waals surface area contributed by atoms with Gasteiger partial charge >= 0.3 is 54.8 Å². The zero-order chi connectivity index (χ0) is 17.7. The Morgan fingerprint density at radius 3 is 1.00 bits per heavy atom. The first kappa shape index (κ1) is 31.9. The maximum atomic E-state index is 10.3. The molecule has 0 heterocycles. The summed E-state index contributed by atoms with van der Waals surface area (Å²) in [6.45, 7) is 2.28. The first-order chi connectivity index (χ1) is 11.8. The maximum absolute atomic E-state index is 10.3. The van der Waals surface area contributed by atoms with Crippen molar-refractivity contribution in [1.29, 1.82) is 0 Å². The van der Waals surface area contributed by atoms with Crippen molar-refractivity contribution in [1.82, 2.24) is 0 Å². The van der Waals surface area contributed by atoms with Crippen molar-refractivity contribution in [2.75, 3.05) is 0 Å². The third-order valence-electron chi connectivity index (χ3n) is 4.98. The summed E-state index contributed by atoms with van der Waals surface area (Å²) in [5.41, 5.74) is 0. The molecule has 150 valence electrons. The monoisotopic (exact) mass is 435 g/mol. The molecular formula is C22H43CaFeO2+3. The van der Waals surface area contributed by atoms with E-state index in [0.717, 1.165) is 12.8 Å². The van der Waals surface area contributed by atoms with Gasteiger partial charge in [-0.05, 0) is 12.8 Å². The molecule has 0 amide bonds. The summed E-state index contributed by atoms with van der Waals surface area (Å²) >= 11 is 0. The Balaban J connectivity index is -0.00000264. The molecule has 0 radical (unpaired) electrons. The molecular weight excluding hydrogens is 392 g/mol. The molecule has 0 spiro atoms. The largest absolute Gasteiger partial charge is 2.00 e. The van der Waals surface area contributed by atoms with E-state index in [-0.39, 0.29) is 61.2 Å². The SMILES string of the molecule is CCCCCCCCCCCCCCCCCCCCCC(=O)[O-].[Ca+2].[Fe+2]. The summed E-state index contributed by atoms with van der Waals surface area (Å²) in [5.74, 6) is -0.901. The van der Waals surface area contributed by atoms with Crippen LogP contribution in [0.1, 0.15) is 135 Å². The smallest absolute Gasteiger partial charge is 0.550 e. The van der Waals surface area contributed by atoms with E-state index in [2.05, 4.69) is 6.92 Å². The van der Waals surface area contributed by atoms with E-state index in [1.165, 1.54) is 109 Å². The minimum atomic E-state index is -0.901. The van der Waals surface area contributed by atoms with Crippen molar-refractivity contribution in [3.63, 3.8) is 0 Å². The first-order valence-corrected chi connectivity index (χ1v) is 11.0. The third kappa shape index (κ3) is 30.0. The second-order valence-corrected chi connectivity index (χ2v) is 7.49. The third-order valence-corrected chi connectivity index (χ3v) is 4.98. The van der Waals surface area contributed by atoms with Gasteiger partial charge in [0.1, 0.15) is 0 Å². The van der Waals surface area contributed by atoms with Crippen molar-refractivity contribution < 1.29 is 27.0 Å². The number of hydrogen-bond donors (Lipinski definition) is 0. The van der Waals surface area contributed by atoms with Crippen LogP contribution in [-0.4, -0.2) is 43.7 Å². The molecule has 0 atom stereocenters. The van der Waals surface area contributed by atoms with Gasteiger partial charge < -0.3 is 9.90 Å². The Hall–Kier alpha value is 1.25. The molecule has 0 aromatic carbocycles. The predicted octanol–water partition coefficient (Wildman–Crippen LogP) is 6.17. The van der Waals surface area contributed by atoms with E-state index < -0.39 is 5.97 Å². The van der Waals surface area contributed by atoms with Crippen LogP contribution >= 0.6 is 0 Å². The Morgan fingerprint density at radius 2 is 0.769 bits per heavy atom. The minimum absolute atomic E-state index is 0. The van der Waals surface area contributed by atoms with Gasteiger partial charge in [-0.15, -0.1) is 0 Å². The van der Waals surface area contributed by atoms with Crippen LogP contribution in [-0.2, 0) is 21.9 Å².